The van der Waals surface area contributed by atoms with Gasteiger partial charge in [-0.2, -0.15) is 0 Å². The van der Waals surface area contributed by atoms with Gasteiger partial charge >= 0.3 is 0 Å². The van der Waals surface area contributed by atoms with Gasteiger partial charge in [-0.1, -0.05) is 24.3 Å². The third-order valence-corrected chi connectivity index (χ3v) is 3.69. The molecule has 0 atom stereocenters. The summed E-state index contributed by atoms with van der Waals surface area (Å²) in [7, 11) is 1.67. The van der Waals surface area contributed by atoms with Gasteiger partial charge in [-0.3, -0.25) is 4.98 Å². The molecular formula is C19H21N5O. The number of hydrogen-bond donors (Lipinski definition) is 2. The van der Waals surface area contributed by atoms with Crippen LogP contribution in [0.5, 0.6) is 5.75 Å². The van der Waals surface area contributed by atoms with Crippen LogP contribution in [0.4, 0.5) is 11.6 Å². The number of anilines is 2. The van der Waals surface area contributed by atoms with Gasteiger partial charge in [0, 0.05) is 37.1 Å². The van der Waals surface area contributed by atoms with E-state index in [9.17, 15) is 0 Å². The zero-order chi connectivity index (χ0) is 17.5. The van der Waals surface area contributed by atoms with Crippen molar-refractivity contribution in [3.8, 4) is 5.75 Å². The third-order valence-electron chi connectivity index (χ3n) is 3.69. The number of rotatable bonds is 7. The van der Waals surface area contributed by atoms with Crippen LogP contribution >= 0.6 is 0 Å². The van der Waals surface area contributed by atoms with E-state index in [-0.39, 0.29) is 0 Å². The fourth-order valence-corrected chi connectivity index (χ4v) is 2.48. The quantitative estimate of drug-likeness (QED) is 0.689. The first-order valence-electron chi connectivity index (χ1n) is 8.09. The van der Waals surface area contributed by atoms with Crippen molar-refractivity contribution in [3.63, 3.8) is 0 Å². The Balaban J connectivity index is 1.67. The summed E-state index contributed by atoms with van der Waals surface area (Å²) in [6.45, 7) is 3.17. The molecule has 0 unspecified atom stereocenters. The van der Waals surface area contributed by atoms with E-state index in [2.05, 4.69) is 25.6 Å². The Morgan fingerprint density at radius 2 is 1.72 bits per heavy atom. The summed E-state index contributed by atoms with van der Waals surface area (Å²) in [6, 6.07) is 13.8. The Morgan fingerprint density at radius 3 is 2.44 bits per heavy atom. The highest BCUT2D eigenvalue weighted by atomic mass is 16.5. The summed E-state index contributed by atoms with van der Waals surface area (Å²) in [5, 5.41) is 6.64. The molecule has 0 radical (unpaired) electrons. The van der Waals surface area contributed by atoms with E-state index in [1.165, 1.54) is 0 Å². The number of pyridine rings is 1. The molecule has 0 bridgehead atoms. The van der Waals surface area contributed by atoms with Crippen LogP contribution in [0.2, 0.25) is 0 Å². The smallest absolute Gasteiger partial charge is 0.132 e. The Bertz CT molecular complexity index is 823. The van der Waals surface area contributed by atoms with Crippen molar-refractivity contribution in [3.05, 3.63) is 71.8 Å². The van der Waals surface area contributed by atoms with Crippen LogP contribution in [-0.2, 0) is 13.1 Å². The Kier molecular flexibility index (Phi) is 5.41. The van der Waals surface area contributed by atoms with Gasteiger partial charge in [0.2, 0.25) is 0 Å². The molecule has 2 N–H and O–H groups in total. The molecule has 2 heterocycles. The van der Waals surface area contributed by atoms with Gasteiger partial charge in [0.15, 0.2) is 0 Å². The minimum Gasteiger partial charge on any atom is -0.496 e. The molecule has 0 saturated heterocycles. The maximum Gasteiger partial charge on any atom is 0.132 e. The highest BCUT2D eigenvalue weighted by molar-refractivity contribution is 5.48. The number of aromatic nitrogens is 3. The lowest BCUT2D eigenvalue weighted by molar-refractivity contribution is 0.410. The first kappa shape index (κ1) is 16.7. The molecule has 0 aliphatic rings. The molecule has 0 aliphatic carbocycles. The molecule has 25 heavy (non-hydrogen) atoms. The number of methoxy groups -OCH3 is 1. The SMILES string of the molecule is COc1ccccc1CNc1cc(NCc2cccnc2)nc(C)n1. The minimum absolute atomic E-state index is 0.627. The van der Waals surface area contributed by atoms with E-state index >= 15 is 0 Å². The number of nitrogens with zero attached hydrogens (tertiary/aromatic N) is 3. The number of aryl methyl sites for hydroxylation is 1. The van der Waals surface area contributed by atoms with Crippen molar-refractivity contribution >= 4 is 11.6 Å². The molecular weight excluding hydrogens is 314 g/mol. The number of ether oxygens (including phenoxy) is 1. The fourth-order valence-electron chi connectivity index (χ4n) is 2.48. The zero-order valence-corrected chi connectivity index (χ0v) is 14.4. The average molecular weight is 335 g/mol. The van der Waals surface area contributed by atoms with Crippen LogP contribution in [0, 0.1) is 6.92 Å². The lowest BCUT2D eigenvalue weighted by Gasteiger charge is -2.12. The Labute approximate surface area is 147 Å². The summed E-state index contributed by atoms with van der Waals surface area (Å²) in [5.74, 6) is 3.11. The van der Waals surface area contributed by atoms with E-state index in [4.69, 9.17) is 4.74 Å². The highest BCUT2D eigenvalue weighted by Gasteiger charge is 2.05. The lowest BCUT2D eigenvalue weighted by atomic mass is 10.2. The maximum atomic E-state index is 5.38. The average Bonchev–Trinajstić information content (AvgIpc) is 2.65. The zero-order valence-electron chi connectivity index (χ0n) is 14.4. The number of hydrogen-bond acceptors (Lipinski definition) is 6. The standard InChI is InChI=1S/C19H21N5O/c1-14-23-18(21-12-15-6-5-9-20-11-15)10-19(24-14)22-13-16-7-3-4-8-17(16)25-2/h3-11H,12-13H2,1-2H3,(H2,21,22,23,24). The van der Waals surface area contributed by atoms with Gasteiger partial charge in [-0.15, -0.1) is 0 Å². The van der Waals surface area contributed by atoms with E-state index in [1.54, 1.807) is 13.3 Å². The molecule has 3 rings (SSSR count). The molecule has 3 aromatic rings. The van der Waals surface area contributed by atoms with Crippen molar-refractivity contribution in [2.24, 2.45) is 0 Å². The van der Waals surface area contributed by atoms with E-state index < -0.39 is 0 Å². The van der Waals surface area contributed by atoms with Crippen molar-refractivity contribution < 1.29 is 4.74 Å². The molecule has 128 valence electrons. The van der Waals surface area contributed by atoms with Crippen molar-refractivity contribution in [1.29, 1.82) is 0 Å². The van der Waals surface area contributed by atoms with E-state index in [1.807, 2.05) is 55.6 Å². The lowest BCUT2D eigenvalue weighted by Crippen LogP contribution is -2.07. The van der Waals surface area contributed by atoms with Crippen LogP contribution in [0.3, 0.4) is 0 Å². The third kappa shape index (κ3) is 4.67. The monoisotopic (exact) mass is 335 g/mol. The first-order valence-corrected chi connectivity index (χ1v) is 8.09. The molecule has 6 heteroatoms. The van der Waals surface area contributed by atoms with Gasteiger partial charge in [0.05, 0.1) is 7.11 Å². The first-order chi connectivity index (χ1) is 12.2. The highest BCUT2D eigenvalue weighted by Crippen LogP contribution is 2.19. The minimum atomic E-state index is 0.627. The van der Waals surface area contributed by atoms with Gasteiger partial charge in [0.25, 0.3) is 0 Å². The molecule has 1 aromatic carbocycles. The van der Waals surface area contributed by atoms with E-state index in [0.29, 0.717) is 18.9 Å². The molecule has 6 nitrogen and oxygen atoms in total. The molecule has 0 aliphatic heterocycles. The predicted molar refractivity (Wildman–Crippen MR) is 98.7 cm³/mol. The summed E-state index contributed by atoms with van der Waals surface area (Å²) >= 11 is 0. The van der Waals surface area contributed by atoms with Crippen molar-refractivity contribution in [1.82, 2.24) is 15.0 Å². The second-order valence-corrected chi connectivity index (χ2v) is 5.57. The van der Waals surface area contributed by atoms with Gasteiger partial charge in [-0.25, -0.2) is 9.97 Å². The van der Waals surface area contributed by atoms with E-state index in [0.717, 1.165) is 28.5 Å². The number of benzene rings is 1. The maximum absolute atomic E-state index is 5.38. The molecule has 0 spiro atoms. The van der Waals surface area contributed by atoms with Gasteiger partial charge in [0.1, 0.15) is 23.2 Å². The van der Waals surface area contributed by atoms with Crippen molar-refractivity contribution in [2.45, 2.75) is 20.0 Å². The van der Waals surface area contributed by atoms with Crippen molar-refractivity contribution in [2.75, 3.05) is 17.7 Å². The Morgan fingerprint density at radius 1 is 0.960 bits per heavy atom. The molecule has 0 fully saturated rings. The van der Waals surface area contributed by atoms with Crippen LogP contribution in [0.1, 0.15) is 17.0 Å². The second kappa shape index (κ2) is 8.10. The normalized spacial score (nSPS) is 10.3. The molecule has 2 aromatic heterocycles. The number of nitrogens with one attached hydrogen (secondary N) is 2. The Hall–Kier alpha value is -3.15. The van der Waals surface area contributed by atoms with Crippen LogP contribution in [-0.4, -0.2) is 22.1 Å². The van der Waals surface area contributed by atoms with Crippen LogP contribution in [0.15, 0.2) is 54.9 Å². The summed E-state index contributed by atoms with van der Waals surface area (Å²) in [4.78, 5) is 13.0. The van der Waals surface area contributed by atoms with Crippen LogP contribution in [0.25, 0.3) is 0 Å². The fraction of sp³-hybridized carbons (Fsp3) is 0.211. The van der Waals surface area contributed by atoms with Gasteiger partial charge in [-0.05, 0) is 24.6 Å². The van der Waals surface area contributed by atoms with Gasteiger partial charge < -0.3 is 15.4 Å². The predicted octanol–water partition coefficient (Wildman–Crippen LogP) is 3.41. The molecule has 0 amide bonds. The largest absolute Gasteiger partial charge is 0.496 e. The second-order valence-electron chi connectivity index (χ2n) is 5.57. The summed E-state index contributed by atoms with van der Waals surface area (Å²) in [5.41, 5.74) is 2.17. The molecule has 0 saturated carbocycles. The topological polar surface area (TPSA) is 72.0 Å². The summed E-state index contributed by atoms with van der Waals surface area (Å²) in [6.07, 6.45) is 3.60. The summed E-state index contributed by atoms with van der Waals surface area (Å²) < 4.78 is 5.38. The van der Waals surface area contributed by atoms with Crippen LogP contribution < -0.4 is 15.4 Å². The number of para-hydroxylation sites is 1.